The van der Waals surface area contributed by atoms with Gasteiger partial charge in [-0.2, -0.15) is 4.98 Å². The van der Waals surface area contributed by atoms with Crippen molar-refractivity contribution in [3.63, 3.8) is 0 Å². The van der Waals surface area contributed by atoms with Gasteiger partial charge in [0.2, 0.25) is 5.95 Å². The lowest BCUT2D eigenvalue weighted by Crippen LogP contribution is -2.35. The van der Waals surface area contributed by atoms with Crippen molar-refractivity contribution in [2.24, 2.45) is 11.8 Å². The fourth-order valence-electron chi connectivity index (χ4n) is 1.94. The van der Waals surface area contributed by atoms with E-state index in [1.54, 1.807) is 6.20 Å². The van der Waals surface area contributed by atoms with Gasteiger partial charge in [0.05, 0.1) is 0 Å². The van der Waals surface area contributed by atoms with E-state index in [9.17, 15) is 0 Å². The number of aliphatic hydroxyl groups is 1. The van der Waals surface area contributed by atoms with Crippen LogP contribution in [0.1, 0.15) is 12.8 Å². The summed E-state index contributed by atoms with van der Waals surface area (Å²) in [7, 11) is 0. The van der Waals surface area contributed by atoms with E-state index in [2.05, 4.69) is 20.3 Å². The largest absolute Gasteiger partial charge is 0.396 e. The third kappa shape index (κ3) is 2.40. The number of anilines is 2. The van der Waals surface area contributed by atoms with Crippen LogP contribution < -0.4 is 16.2 Å². The van der Waals surface area contributed by atoms with Gasteiger partial charge in [-0.1, -0.05) is 0 Å². The van der Waals surface area contributed by atoms with E-state index in [1.165, 1.54) is 0 Å². The Hall–Kier alpha value is -1.40. The molecule has 0 aliphatic carbocycles. The molecule has 0 amide bonds. The van der Waals surface area contributed by atoms with Gasteiger partial charge in [-0.3, -0.25) is 5.43 Å². The molecule has 1 aliphatic heterocycles. The summed E-state index contributed by atoms with van der Waals surface area (Å²) in [6, 6.07) is 1.88. The van der Waals surface area contributed by atoms with Crippen LogP contribution in [-0.2, 0) is 0 Å². The highest BCUT2D eigenvalue weighted by Crippen LogP contribution is 2.21. The molecule has 0 radical (unpaired) electrons. The van der Waals surface area contributed by atoms with Gasteiger partial charge in [0.1, 0.15) is 5.82 Å². The van der Waals surface area contributed by atoms with E-state index in [-0.39, 0.29) is 6.61 Å². The molecule has 1 aliphatic rings. The summed E-state index contributed by atoms with van der Waals surface area (Å²) in [5, 5.41) is 9.06. The van der Waals surface area contributed by atoms with Crippen molar-refractivity contribution in [3.05, 3.63) is 12.3 Å². The lowest BCUT2D eigenvalue weighted by molar-refractivity contribution is 0.203. The second kappa shape index (κ2) is 5.09. The second-order valence-electron chi connectivity index (χ2n) is 4.00. The average Bonchev–Trinajstić information content (AvgIpc) is 2.39. The number of nitrogens with zero attached hydrogens (tertiary/aromatic N) is 3. The Kier molecular flexibility index (Phi) is 3.53. The van der Waals surface area contributed by atoms with Crippen molar-refractivity contribution in [2.45, 2.75) is 12.8 Å². The number of nitrogens with two attached hydrogens (primary N) is 1. The van der Waals surface area contributed by atoms with E-state index < -0.39 is 0 Å². The first-order valence-electron chi connectivity index (χ1n) is 5.49. The molecule has 0 bridgehead atoms. The average molecular weight is 223 g/mol. The summed E-state index contributed by atoms with van der Waals surface area (Å²) in [4.78, 5) is 10.4. The van der Waals surface area contributed by atoms with Crippen molar-refractivity contribution in [1.29, 1.82) is 0 Å². The van der Waals surface area contributed by atoms with Gasteiger partial charge in [0.15, 0.2) is 0 Å². The molecule has 88 valence electrons. The minimum Gasteiger partial charge on any atom is -0.396 e. The topological polar surface area (TPSA) is 87.3 Å². The highest BCUT2D eigenvalue weighted by Gasteiger charge is 2.19. The van der Waals surface area contributed by atoms with Gasteiger partial charge in [-0.15, -0.1) is 0 Å². The normalized spacial score (nSPS) is 17.5. The quantitative estimate of drug-likeness (QED) is 0.493. The zero-order chi connectivity index (χ0) is 11.4. The minimum atomic E-state index is 0.285. The smallest absolute Gasteiger partial charge is 0.239 e. The molecular formula is C10H17N5O. The van der Waals surface area contributed by atoms with Gasteiger partial charge in [0, 0.05) is 25.9 Å². The van der Waals surface area contributed by atoms with Gasteiger partial charge >= 0.3 is 0 Å². The van der Waals surface area contributed by atoms with Crippen LogP contribution in [0.25, 0.3) is 0 Å². The van der Waals surface area contributed by atoms with Gasteiger partial charge in [-0.05, 0) is 24.8 Å². The maximum Gasteiger partial charge on any atom is 0.239 e. The summed E-state index contributed by atoms with van der Waals surface area (Å²) in [5.74, 6) is 7.02. The van der Waals surface area contributed by atoms with Gasteiger partial charge in [0.25, 0.3) is 0 Å². The molecule has 1 aromatic heterocycles. The van der Waals surface area contributed by atoms with E-state index in [1.807, 2.05) is 6.07 Å². The summed E-state index contributed by atoms with van der Waals surface area (Å²) >= 11 is 0. The zero-order valence-electron chi connectivity index (χ0n) is 9.13. The van der Waals surface area contributed by atoms with Crippen LogP contribution in [-0.4, -0.2) is 34.8 Å². The van der Waals surface area contributed by atoms with E-state index in [4.69, 9.17) is 10.9 Å². The van der Waals surface area contributed by atoms with Crippen LogP contribution in [0.5, 0.6) is 0 Å². The highest BCUT2D eigenvalue weighted by atomic mass is 16.3. The number of hydrazine groups is 1. The number of aliphatic hydroxyl groups excluding tert-OH is 1. The molecule has 1 saturated heterocycles. The zero-order valence-corrected chi connectivity index (χ0v) is 9.13. The van der Waals surface area contributed by atoms with Crippen LogP contribution in [0.15, 0.2) is 12.3 Å². The molecule has 1 aromatic rings. The molecule has 6 nitrogen and oxygen atoms in total. The van der Waals surface area contributed by atoms with Gasteiger partial charge in [-0.25, -0.2) is 10.8 Å². The van der Waals surface area contributed by atoms with Crippen molar-refractivity contribution in [2.75, 3.05) is 30.0 Å². The van der Waals surface area contributed by atoms with Crippen LogP contribution in [0, 0.1) is 5.92 Å². The van der Waals surface area contributed by atoms with Crippen molar-refractivity contribution >= 4 is 11.8 Å². The number of hydrogen-bond acceptors (Lipinski definition) is 6. The first-order chi connectivity index (χ1) is 7.83. The highest BCUT2D eigenvalue weighted by molar-refractivity contribution is 5.42. The maximum absolute atomic E-state index is 9.06. The Bertz CT molecular complexity index is 338. The fourth-order valence-corrected chi connectivity index (χ4v) is 1.94. The third-order valence-electron chi connectivity index (χ3n) is 2.97. The number of nitrogens with one attached hydrogen (secondary N) is 1. The molecule has 0 atom stereocenters. The molecule has 0 spiro atoms. The summed E-state index contributed by atoms with van der Waals surface area (Å²) in [6.45, 7) is 2.13. The summed E-state index contributed by atoms with van der Waals surface area (Å²) < 4.78 is 0. The standard InChI is InChI=1S/C10H17N5O/c11-14-10-12-4-1-9(13-10)15-5-2-8(7-16)3-6-15/h1,4,8,16H,2-3,5-7,11H2,(H,12,13,14). The Morgan fingerprint density at radius 2 is 2.25 bits per heavy atom. The van der Waals surface area contributed by atoms with Crippen molar-refractivity contribution < 1.29 is 5.11 Å². The molecule has 6 heteroatoms. The summed E-state index contributed by atoms with van der Waals surface area (Å²) in [6.07, 6.45) is 3.70. The monoisotopic (exact) mass is 223 g/mol. The van der Waals surface area contributed by atoms with Crippen LogP contribution >= 0.6 is 0 Å². The number of aromatic nitrogens is 2. The molecule has 16 heavy (non-hydrogen) atoms. The molecule has 2 heterocycles. The molecule has 0 saturated carbocycles. The Morgan fingerprint density at radius 1 is 1.50 bits per heavy atom. The molecule has 0 unspecified atom stereocenters. The number of piperidine rings is 1. The van der Waals surface area contributed by atoms with Crippen LogP contribution in [0.2, 0.25) is 0 Å². The van der Waals surface area contributed by atoms with Crippen LogP contribution in [0.4, 0.5) is 11.8 Å². The van der Waals surface area contributed by atoms with E-state index >= 15 is 0 Å². The van der Waals surface area contributed by atoms with E-state index in [0.29, 0.717) is 11.9 Å². The Labute approximate surface area is 94.5 Å². The molecule has 1 fully saturated rings. The minimum absolute atomic E-state index is 0.285. The predicted octanol–water partition coefficient (Wildman–Crippen LogP) is -0.0291. The fraction of sp³-hybridized carbons (Fsp3) is 0.600. The third-order valence-corrected chi connectivity index (χ3v) is 2.97. The first-order valence-corrected chi connectivity index (χ1v) is 5.49. The Balaban J connectivity index is 2.02. The second-order valence-corrected chi connectivity index (χ2v) is 4.00. The molecule has 2 rings (SSSR count). The lowest BCUT2D eigenvalue weighted by atomic mass is 9.98. The summed E-state index contributed by atoms with van der Waals surface area (Å²) in [5.41, 5.74) is 2.44. The molecule has 4 N–H and O–H groups in total. The van der Waals surface area contributed by atoms with Crippen LogP contribution in [0.3, 0.4) is 0 Å². The number of hydrogen-bond donors (Lipinski definition) is 3. The SMILES string of the molecule is NNc1nccc(N2CCC(CO)CC2)n1. The van der Waals surface area contributed by atoms with Crippen molar-refractivity contribution in [3.8, 4) is 0 Å². The van der Waals surface area contributed by atoms with Crippen molar-refractivity contribution in [1.82, 2.24) is 9.97 Å². The Morgan fingerprint density at radius 3 is 2.88 bits per heavy atom. The predicted molar refractivity (Wildman–Crippen MR) is 61.9 cm³/mol. The van der Waals surface area contributed by atoms with Gasteiger partial charge < -0.3 is 10.0 Å². The lowest BCUT2D eigenvalue weighted by Gasteiger charge is -2.31. The molecule has 0 aromatic carbocycles. The first kappa shape index (κ1) is 11.1. The number of nitrogen functional groups attached to an aromatic ring is 1. The number of rotatable bonds is 3. The maximum atomic E-state index is 9.06. The molecular weight excluding hydrogens is 206 g/mol. The van der Waals surface area contributed by atoms with E-state index in [0.717, 1.165) is 31.7 Å².